The number of benzene rings is 1. The lowest BCUT2D eigenvalue weighted by Gasteiger charge is -2.28. The molecule has 0 saturated heterocycles. The van der Waals surface area contributed by atoms with Crippen LogP contribution >= 0.6 is 31.9 Å². The zero-order chi connectivity index (χ0) is 16.2. The van der Waals surface area contributed by atoms with Gasteiger partial charge in [-0.15, -0.1) is 0 Å². The van der Waals surface area contributed by atoms with Gasteiger partial charge in [0.25, 0.3) is 5.91 Å². The van der Waals surface area contributed by atoms with E-state index in [1.54, 1.807) is 12.1 Å². The second-order valence-electron chi connectivity index (χ2n) is 3.86. The summed E-state index contributed by atoms with van der Waals surface area (Å²) in [6.45, 7) is -0.329. The lowest BCUT2D eigenvalue weighted by Crippen LogP contribution is -2.47. The average molecular weight is 420 g/mol. The summed E-state index contributed by atoms with van der Waals surface area (Å²) >= 11 is 6.50. The Hall–Kier alpha value is -1.79. The van der Waals surface area contributed by atoms with E-state index in [0.717, 1.165) is 17.1 Å². The van der Waals surface area contributed by atoms with Crippen LogP contribution in [0.1, 0.15) is 10.4 Å². The van der Waals surface area contributed by atoms with Crippen LogP contribution in [0.25, 0.3) is 0 Å². The fourth-order valence-corrected chi connectivity index (χ4v) is 2.74. The first kappa shape index (κ1) is 17.3. The zero-order valence-electron chi connectivity index (χ0n) is 11.3. The Bertz CT molecular complexity index is 615. The maximum absolute atomic E-state index is 12.5. The van der Waals surface area contributed by atoms with Crippen molar-refractivity contribution < 1.29 is 14.3 Å². The minimum absolute atomic E-state index is 0.186. The second kappa shape index (κ2) is 7.28. The first-order chi connectivity index (χ1) is 9.83. The van der Waals surface area contributed by atoms with Gasteiger partial charge >= 0.3 is 6.09 Å². The number of anilines is 1. The van der Waals surface area contributed by atoms with Gasteiger partial charge in [-0.1, -0.05) is 15.9 Å². The van der Waals surface area contributed by atoms with Crippen molar-refractivity contribution in [2.24, 2.45) is 0 Å². The molecule has 0 aliphatic heterocycles. The molecule has 0 spiro atoms. The van der Waals surface area contributed by atoms with Gasteiger partial charge in [0.2, 0.25) is 0 Å². The lowest BCUT2D eigenvalue weighted by atomic mass is 10.1. The number of methoxy groups -OCH3 is 1. The largest absolute Gasteiger partial charge is 0.451 e. The fraction of sp³-hybridized carbons (Fsp3) is 0.250. The molecule has 21 heavy (non-hydrogen) atoms. The molecule has 0 saturated carbocycles. The maximum Gasteiger partial charge on any atom is 0.429 e. The standard InChI is InChI=1S/C12H12Br2N4O3/c1-17(18(4-3-15)12(20)21-2)11(19)8-5-7(13)6-9(14)10(8)16/h5-6H,4,16H2,1-2H3. The molecule has 0 unspecified atom stereocenters. The number of hydrazine groups is 1. The van der Waals surface area contributed by atoms with Crippen LogP contribution in [0.4, 0.5) is 10.5 Å². The molecule has 0 aromatic heterocycles. The van der Waals surface area contributed by atoms with E-state index in [-0.39, 0.29) is 17.8 Å². The highest BCUT2D eigenvalue weighted by Crippen LogP contribution is 2.29. The number of nitrogens with two attached hydrogens (primary N) is 1. The van der Waals surface area contributed by atoms with Crippen LogP contribution in [0.15, 0.2) is 21.1 Å². The Kier molecular flexibility index (Phi) is 5.99. The molecule has 7 nitrogen and oxygen atoms in total. The summed E-state index contributed by atoms with van der Waals surface area (Å²) in [6, 6.07) is 5.01. The van der Waals surface area contributed by atoms with E-state index in [0.29, 0.717) is 8.95 Å². The number of nitriles is 1. The maximum atomic E-state index is 12.5. The molecule has 0 heterocycles. The smallest absolute Gasteiger partial charge is 0.429 e. The summed E-state index contributed by atoms with van der Waals surface area (Å²) in [5, 5.41) is 10.6. The molecule has 1 aromatic rings. The van der Waals surface area contributed by atoms with Crippen molar-refractivity contribution in [2.45, 2.75) is 0 Å². The van der Waals surface area contributed by atoms with E-state index in [4.69, 9.17) is 11.0 Å². The van der Waals surface area contributed by atoms with Crippen LogP contribution in [-0.4, -0.2) is 42.7 Å². The molecular weight excluding hydrogens is 408 g/mol. The van der Waals surface area contributed by atoms with Gasteiger partial charge in [-0.3, -0.25) is 4.79 Å². The van der Waals surface area contributed by atoms with E-state index in [9.17, 15) is 9.59 Å². The third kappa shape index (κ3) is 3.86. The Morgan fingerprint density at radius 1 is 1.43 bits per heavy atom. The molecule has 0 atom stereocenters. The van der Waals surface area contributed by atoms with Gasteiger partial charge in [0, 0.05) is 16.0 Å². The number of hydrogen-bond donors (Lipinski definition) is 1. The van der Waals surface area contributed by atoms with Crippen molar-refractivity contribution in [2.75, 3.05) is 26.4 Å². The van der Waals surface area contributed by atoms with Crippen LogP contribution in [0.3, 0.4) is 0 Å². The molecule has 2 N–H and O–H groups in total. The number of halogens is 2. The van der Waals surface area contributed by atoms with Crippen molar-refractivity contribution in [1.82, 2.24) is 10.0 Å². The molecular formula is C12H12Br2N4O3. The molecule has 1 rings (SSSR count). The summed E-state index contributed by atoms with van der Waals surface area (Å²) < 4.78 is 5.73. The van der Waals surface area contributed by atoms with Gasteiger partial charge in [-0.2, -0.15) is 5.26 Å². The third-order valence-electron chi connectivity index (χ3n) is 2.59. The number of carbonyl (C=O) groups excluding carboxylic acids is 2. The average Bonchev–Trinajstić information content (AvgIpc) is 2.46. The van der Waals surface area contributed by atoms with Crippen molar-refractivity contribution in [3.8, 4) is 6.07 Å². The van der Waals surface area contributed by atoms with Crippen molar-refractivity contribution in [3.05, 3.63) is 26.6 Å². The predicted octanol–water partition coefficient (Wildman–Crippen LogP) is 2.37. The van der Waals surface area contributed by atoms with E-state index >= 15 is 0 Å². The monoisotopic (exact) mass is 418 g/mol. The Labute approximate surface area is 138 Å². The quantitative estimate of drug-likeness (QED) is 0.450. The molecule has 0 aliphatic carbocycles. The summed E-state index contributed by atoms with van der Waals surface area (Å²) in [7, 11) is 2.51. The fourth-order valence-electron chi connectivity index (χ4n) is 1.51. The molecule has 0 bridgehead atoms. The van der Waals surface area contributed by atoms with Gasteiger partial charge in [0.15, 0.2) is 0 Å². The summed E-state index contributed by atoms with van der Waals surface area (Å²) in [5.74, 6) is -0.546. The molecule has 9 heteroatoms. The van der Waals surface area contributed by atoms with Crippen molar-refractivity contribution in [3.63, 3.8) is 0 Å². The van der Waals surface area contributed by atoms with Crippen LogP contribution in [-0.2, 0) is 4.74 Å². The highest BCUT2D eigenvalue weighted by Gasteiger charge is 2.26. The topological polar surface area (TPSA) is 99.7 Å². The van der Waals surface area contributed by atoms with Gasteiger partial charge in [0.1, 0.15) is 6.54 Å². The Morgan fingerprint density at radius 3 is 2.57 bits per heavy atom. The zero-order valence-corrected chi connectivity index (χ0v) is 14.4. The minimum atomic E-state index is -0.819. The highest BCUT2D eigenvalue weighted by atomic mass is 79.9. The summed E-state index contributed by atoms with van der Waals surface area (Å²) in [4.78, 5) is 24.1. The predicted molar refractivity (Wildman–Crippen MR) is 83.1 cm³/mol. The number of nitrogens with zero attached hydrogens (tertiary/aromatic N) is 3. The minimum Gasteiger partial charge on any atom is -0.451 e. The molecule has 112 valence electrons. The number of amides is 2. The molecule has 2 amide bonds. The van der Waals surface area contributed by atoms with Crippen LogP contribution in [0.5, 0.6) is 0 Å². The van der Waals surface area contributed by atoms with Gasteiger partial charge in [-0.25, -0.2) is 14.8 Å². The van der Waals surface area contributed by atoms with Gasteiger partial charge in [0.05, 0.1) is 24.4 Å². The number of nitrogen functional groups attached to an aromatic ring is 1. The molecule has 1 aromatic carbocycles. The summed E-state index contributed by atoms with van der Waals surface area (Å²) in [5.41, 5.74) is 6.28. The van der Waals surface area contributed by atoms with E-state index in [2.05, 4.69) is 36.6 Å². The third-order valence-corrected chi connectivity index (χ3v) is 3.70. The van der Waals surface area contributed by atoms with E-state index < -0.39 is 12.0 Å². The first-order valence-electron chi connectivity index (χ1n) is 5.58. The number of carbonyl (C=O) groups is 2. The molecule has 0 fully saturated rings. The highest BCUT2D eigenvalue weighted by molar-refractivity contribution is 9.11. The van der Waals surface area contributed by atoms with Crippen molar-refractivity contribution >= 4 is 49.5 Å². The normalized spacial score (nSPS) is 9.67. The van der Waals surface area contributed by atoms with Crippen LogP contribution in [0.2, 0.25) is 0 Å². The van der Waals surface area contributed by atoms with Crippen LogP contribution in [0, 0.1) is 11.3 Å². The SMILES string of the molecule is COC(=O)N(CC#N)N(C)C(=O)c1cc(Br)cc(Br)c1N. The lowest BCUT2D eigenvalue weighted by molar-refractivity contribution is 0.0129. The molecule has 0 radical (unpaired) electrons. The van der Waals surface area contributed by atoms with E-state index in [1.807, 2.05) is 0 Å². The second-order valence-corrected chi connectivity index (χ2v) is 5.63. The van der Waals surface area contributed by atoms with Gasteiger partial charge in [-0.05, 0) is 28.1 Å². The molecule has 0 aliphatic rings. The number of ether oxygens (including phenoxy) is 1. The van der Waals surface area contributed by atoms with Gasteiger partial charge < -0.3 is 10.5 Å². The number of hydrogen-bond acceptors (Lipinski definition) is 5. The summed E-state index contributed by atoms with van der Waals surface area (Å²) in [6.07, 6.45) is -0.819. The van der Waals surface area contributed by atoms with Crippen molar-refractivity contribution in [1.29, 1.82) is 5.26 Å². The van der Waals surface area contributed by atoms with Crippen LogP contribution < -0.4 is 5.73 Å². The number of rotatable bonds is 2. The van der Waals surface area contributed by atoms with E-state index in [1.165, 1.54) is 13.1 Å². The Balaban J connectivity index is 3.18. The Morgan fingerprint density at radius 2 is 2.05 bits per heavy atom. The first-order valence-corrected chi connectivity index (χ1v) is 7.17.